The largest absolute Gasteiger partial charge is 0.317 e. The molecule has 0 bridgehead atoms. The molecule has 0 radical (unpaired) electrons. The predicted octanol–water partition coefficient (Wildman–Crippen LogP) is 1.95. The molecule has 0 spiro atoms. The van der Waals surface area contributed by atoms with Crippen molar-refractivity contribution in [3.63, 3.8) is 0 Å². The summed E-state index contributed by atoms with van der Waals surface area (Å²) < 4.78 is 37.2. The topological polar surface area (TPSA) is 46.2 Å². The van der Waals surface area contributed by atoms with Crippen LogP contribution in [0.1, 0.15) is 18.9 Å². The fourth-order valence-electron chi connectivity index (χ4n) is 1.95. The number of fused-ring (bicyclic) bond motifs is 1. The molecular formula is C12H14FNO2S. The van der Waals surface area contributed by atoms with E-state index in [1.165, 1.54) is 17.5 Å². The molecular weight excluding hydrogens is 241 g/mol. The summed E-state index contributed by atoms with van der Waals surface area (Å²) in [6, 6.07) is 4.50. The highest BCUT2D eigenvalue weighted by atomic mass is 32.2. The van der Waals surface area contributed by atoms with Crippen molar-refractivity contribution >= 4 is 15.4 Å². The maximum absolute atomic E-state index is 13.6. The second-order valence-corrected chi connectivity index (χ2v) is 5.93. The molecule has 1 aromatic rings. The minimum atomic E-state index is -3.60. The van der Waals surface area contributed by atoms with Crippen molar-refractivity contribution in [3.05, 3.63) is 35.0 Å². The van der Waals surface area contributed by atoms with Crippen LogP contribution in [-0.4, -0.2) is 21.5 Å². The first kappa shape index (κ1) is 12.3. The van der Waals surface area contributed by atoms with Crippen LogP contribution in [0.25, 0.3) is 5.57 Å². The van der Waals surface area contributed by atoms with Gasteiger partial charge in [0.25, 0.3) is 0 Å². The Hall–Kier alpha value is -1.20. The van der Waals surface area contributed by atoms with Gasteiger partial charge in [0.05, 0.1) is 0 Å². The highest BCUT2D eigenvalue weighted by Gasteiger charge is 2.30. The molecule has 5 heteroatoms. The molecule has 1 aliphatic heterocycles. The lowest BCUT2D eigenvalue weighted by atomic mass is 10.0. The molecule has 1 N–H and O–H groups in total. The summed E-state index contributed by atoms with van der Waals surface area (Å²) in [5.41, 5.74) is 1.16. The van der Waals surface area contributed by atoms with Gasteiger partial charge in [0, 0.05) is 17.0 Å². The number of benzene rings is 1. The van der Waals surface area contributed by atoms with Crippen molar-refractivity contribution < 1.29 is 12.8 Å². The van der Waals surface area contributed by atoms with E-state index in [2.05, 4.69) is 5.32 Å². The van der Waals surface area contributed by atoms with Gasteiger partial charge >= 0.3 is 0 Å². The fourth-order valence-corrected chi connectivity index (χ4v) is 3.51. The van der Waals surface area contributed by atoms with Crippen LogP contribution in [0.2, 0.25) is 0 Å². The third-order valence-electron chi connectivity index (χ3n) is 2.91. The zero-order chi connectivity index (χ0) is 12.6. The number of rotatable bonds is 3. The van der Waals surface area contributed by atoms with E-state index in [0.29, 0.717) is 17.6 Å². The maximum Gasteiger partial charge on any atom is 0.203 e. The fraction of sp³-hybridized carbons (Fsp3) is 0.333. The molecule has 17 heavy (non-hydrogen) atoms. The van der Waals surface area contributed by atoms with Gasteiger partial charge in [-0.05, 0) is 32.0 Å². The van der Waals surface area contributed by atoms with Crippen LogP contribution in [0.4, 0.5) is 4.39 Å². The summed E-state index contributed by atoms with van der Waals surface area (Å²) in [6.45, 7) is 1.95. The number of hydrogen-bond acceptors (Lipinski definition) is 3. The van der Waals surface area contributed by atoms with Crippen LogP contribution in [0.5, 0.6) is 0 Å². The quantitative estimate of drug-likeness (QED) is 0.898. The number of halogens is 1. The lowest BCUT2D eigenvalue weighted by molar-refractivity contribution is 0.573. The van der Waals surface area contributed by atoms with E-state index in [4.69, 9.17) is 0 Å². The molecule has 92 valence electrons. The molecule has 0 aliphatic carbocycles. The Balaban J connectivity index is 2.51. The minimum absolute atomic E-state index is 0.144. The monoisotopic (exact) mass is 255 g/mol. The van der Waals surface area contributed by atoms with Gasteiger partial charge in [-0.1, -0.05) is 12.1 Å². The molecule has 1 atom stereocenters. The number of hydrogen-bond donors (Lipinski definition) is 1. The van der Waals surface area contributed by atoms with E-state index >= 15 is 0 Å². The molecule has 1 aromatic carbocycles. The summed E-state index contributed by atoms with van der Waals surface area (Å²) in [5, 5.41) is 4.21. The van der Waals surface area contributed by atoms with Gasteiger partial charge in [0.15, 0.2) is 0 Å². The molecule has 3 nitrogen and oxygen atoms in total. The van der Waals surface area contributed by atoms with Gasteiger partial charge in [-0.15, -0.1) is 0 Å². The Labute approximate surface area is 100 Å². The summed E-state index contributed by atoms with van der Waals surface area (Å²) >= 11 is 0. The normalized spacial score (nSPS) is 18.6. The van der Waals surface area contributed by atoms with Crippen molar-refractivity contribution in [3.8, 4) is 0 Å². The van der Waals surface area contributed by atoms with E-state index in [1.807, 2.05) is 6.92 Å². The minimum Gasteiger partial charge on any atom is -0.317 e. The van der Waals surface area contributed by atoms with Gasteiger partial charge in [-0.25, -0.2) is 12.8 Å². The molecule has 1 aliphatic rings. The SMILES string of the molecule is CNC(C)CC1=CS(=O)(=O)c2c(F)cccc21. The standard InChI is InChI=1S/C12H14FNO2S/c1-8(14-2)6-9-7-17(15,16)12-10(9)4-3-5-11(12)13/h3-5,7-8,14H,6H2,1-2H3. The first-order chi connectivity index (χ1) is 7.95. The van der Waals surface area contributed by atoms with Crippen LogP contribution in [0, 0.1) is 5.82 Å². The van der Waals surface area contributed by atoms with Gasteiger partial charge < -0.3 is 5.32 Å². The zero-order valence-corrected chi connectivity index (χ0v) is 10.5. The molecule has 1 unspecified atom stereocenters. The average molecular weight is 255 g/mol. The molecule has 0 saturated heterocycles. The van der Waals surface area contributed by atoms with Crippen LogP contribution < -0.4 is 5.32 Å². The highest BCUT2D eigenvalue weighted by molar-refractivity contribution is 7.95. The highest BCUT2D eigenvalue weighted by Crippen LogP contribution is 2.37. The molecule has 0 fully saturated rings. The second kappa shape index (κ2) is 4.23. The van der Waals surface area contributed by atoms with E-state index in [9.17, 15) is 12.8 Å². The van der Waals surface area contributed by atoms with Crippen molar-refractivity contribution in [2.75, 3.05) is 7.05 Å². The lowest BCUT2D eigenvalue weighted by Gasteiger charge is -2.11. The van der Waals surface area contributed by atoms with Crippen molar-refractivity contribution in [1.82, 2.24) is 5.32 Å². The van der Waals surface area contributed by atoms with Gasteiger partial charge in [-0.3, -0.25) is 0 Å². The van der Waals surface area contributed by atoms with Gasteiger partial charge in [0.1, 0.15) is 10.7 Å². The predicted molar refractivity (Wildman–Crippen MR) is 64.7 cm³/mol. The van der Waals surface area contributed by atoms with E-state index in [-0.39, 0.29) is 10.9 Å². The van der Waals surface area contributed by atoms with Crippen LogP contribution in [-0.2, 0) is 9.84 Å². The summed E-state index contributed by atoms with van der Waals surface area (Å²) in [7, 11) is -1.80. The molecule has 0 saturated carbocycles. The third-order valence-corrected chi connectivity index (χ3v) is 4.49. The number of nitrogens with one attached hydrogen (secondary N) is 1. The first-order valence-corrected chi connectivity index (χ1v) is 6.92. The molecule has 0 amide bonds. The van der Waals surface area contributed by atoms with Crippen LogP contribution in [0.3, 0.4) is 0 Å². The summed E-state index contributed by atoms with van der Waals surface area (Å²) in [4.78, 5) is -0.182. The average Bonchev–Trinajstić information content (AvgIpc) is 2.51. The van der Waals surface area contributed by atoms with Crippen molar-refractivity contribution in [2.24, 2.45) is 0 Å². The van der Waals surface area contributed by atoms with Gasteiger partial charge in [0.2, 0.25) is 9.84 Å². The van der Waals surface area contributed by atoms with Crippen molar-refractivity contribution in [1.29, 1.82) is 0 Å². The van der Waals surface area contributed by atoms with E-state index in [1.54, 1.807) is 13.1 Å². The molecule has 2 rings (SSSR count). The second-order valence-electron chi connectivity index (χ2n) is 4.20. The first-order valence-electron chi connectivity index (χ1n) is 5.37. The van der Waals surface area contributed by atoms with E-state index < -0.39 is 15.7 Å². The smallest absolute Gasteiger partial charge is 0.203 e. The van der Waals surface area contributed by atoms with Crippen LogP contribution in [0.15, 0.2) is 28.5 Å². The Morgan fingerprint density at radius 1 is 1.41 bits per heavy atom. The lowest BCUT2D eigenvalue weighted by Crippen LogP contribution is -2.21. The summed E-state index contributed by atoms with van der Waals surface area (Å²) in [6.07, 6.45) is 0.562. The third kappa shape index (κ3) is 2.12. The van der Waals surface area contributed by atoms with Crippen LogP contribution >= 0.6 is 0 Å². The van der Waals surface area contributed by atoms with E-state index in [0.717, 1.165) is 0 Å². The summed E-state index contributed by atoms with van der Waals surface area (Å²) in [5.74, 6) is -0.675. The van der Waals surface area contributed by atoms with Gasteiger partial charge in [-0.2, -0.15) is 0 Å². The zero-order valence-electron chi connectivity index (χ0n) is 9.70. The Morgan fingerprint density at radius 3 is 2.76 bits per heavy atom. The Kier molecular flexibility index (Phi) is 3.05. The maximum atomic E-state index is 13.6. The van der Waals surface area contributed by atoms with Crippen molar-refractivity contribution in [2.45, 2.75) is 24.3 Å². The Bertz CT molecular complexity index is 578. The molecule has 1 heterocycles. The molecule has 0 aromatic heterocycles. The Morgan fingerprint density at radius 2 is 2.12 bits per heavy atom. The number of sulfone groups is 1.